The summed E-state index contributed by atoms with van der Waals surface area (Å²) >= 11 is 11.7. The molecule has 1 aromatic rings. The average Bonchev–Trinajstić information content (AvgIpc) is 2.27. The molecule has 1 rings (SSSR count). The number of nitrogens with one attached hydrogen (secondary N) is 1. The molecule has 4 N–H and O–H groups in total. The lowest BCUT2D eigenvalue weighted by Gasteiger charge is -2.11. The minimum Gasteiger partial charge on any atom is -0.494 e. The molecule has 0 saturated heterocycles. The summed E-state index contributed by atoms with van der Waals surface area (Å²) in [5.41, 5.74) is 4.98. The molecular formula is C10H10Cl2N2O4. The van der Waals surface area contributed by atoms with Gasteiger partial charge in [0, 0.05) is 5.69 Å². The van der Waals surface area contributed by atoms with Crippen LogP contribution in [0.25, 0.3) is 0 Å². The second-order valence-corrected chi connectivity index (χ2v) is 4.08. The van der Waals surface area contributed by atoms with Crippen molar-refractivity contribution in [2.75, 3.05) is 12.4 Å². The Balaban J connectivity index is 2.93. The number of halogens is 2. The number of carbonyl (C=O) groups is 2. The van der Waals surface area contributed by atoms with Crippen molar-refractivity contribution in [2.24, 2.45) is 5.73 Å². The predicted molar refractivity (Wildman–Crippen MR) is 66.8 cm³/mol. The Morgan fingerprint density at radius 2 is 1.89 bits per heavy atom. The normalized spacial score (nSPS) is 11.8. The van der Waals surface area contributed by atoms with Gasteiger partial charge in [0.15, 0.2) is 5.75 Å². The van der Waals surface area contributed by atoms with Crippen molar-refractivity contribution < 1.29 is 19.4 Å². The van der Waals surface area contributed by atoms with E-state index >= 15 is 0 Å². The number of benzene rings is 1. The minimum absolute atomic E-state index is 0.175. The number of ether oxygens (including phenoxy) is 1. The van der Waals surface area contributed by atoms with Gasteiger partial charge in [-0.25, -0.2) is 0 Å². The van der Waals surface area contributed by atoms with Crippen molar-refractivity contribution in [3.63, 3.8) is 0 Å². The SMILES string of the molecule is COc1c(Cl)cc(NC(=O)C(O)C(N)=O)cc1Cl. The molecule has 0 radical (unpaired) electrons. The second kappa shape index (κ2) is 5.90. The molecule has 0 aliphatic heterocycles. The number of aliphatic hydroxyl groups is 1. The molecule has 8 heteroatoms. The first kappa shape index (κ1) is 14.6. The Kier molecular flexibility index (Phi) is 4.77. The molecule has 0 spiro atoms. The zero-order valence-corrected chi connectivity index (χ0v) is 10.7. The zero-order valence-electron chi connectivity index (χ0n) is 9.24. The molecule has 2 amide bonds. The number of carbonyl (C=O) groups excluding carboxylic acids is 2. The molecule has 98 valence electrons. The lowest BCUT2D eigenvalue weighted by molar-refractivity contribution is -0.136. The molecule has 0 heterocycles. The summed E-state index contributed by atoms with van der Waals surface area (Å²) in [6, 6.07) is 2.72. The monoisotopic (exact) mass is 292 g/mol. The van der Waals surface area contributed by atoms with Crippen LogP contribution in [0.3, 0.4) is 0 Å². The van der Waals surface area contributed by atoms with Gasteiger partial charge in [-0.2, -0.15) is 0 Å². The smallest absolute Gasteiger partial charge is 0.263 e. The summed E-state index contributed by atoms with van der Waals surface area (Å²) in [5.74, 6) is -1.87. The van der Waals surface area contributed by atoms with Crippen LogP contribution in [0.5, 0.6) is 5.75 Å². The molecule has 1 unspecified atom stereocenters. The number of aliphatic hydroxyl groups excluding tert-OH is 1. The van der Waals surface area contributed by atoms with Crippen molar-refractivity contribution in [1.82, 2.24) is 0 Å². The Bertz CT molecular complexity index is 470. The quantitative estimate of drug-likeness (QED) is 0.714. The fourth-order valence-electron chi connectivity index (χ4n) is 1.17. The van der Waals surface area contributed by atoms with Crippen LogP contribution >= 0.6 is 23.2 Å². The number of nitrogens with two attached hydrogens (primary N) is 1. The highest BCUT2D eigenvalue weighted by atomic mass is 35.5. The molecule has 1 atom stereocenters. The number of rotatable bonds is 4. The van der Waals surface area contributed by atoms with Gasteiger partial charge < -0.3 is 20.9 Å². The molecule has 0 aliphatic carbocycles. The van der Waals surface area contributed by atoms with Crippen molar-refractivity contribution in [1.29, 1.82) is 0 Å². The van der Waals surface area contributed by atoms with E-state index in [1.54, 1.807) is 0 Å². The third kappa shape index (κ3) is 3.25. The number of hydrogen-bond donors (Lipinski definition) is 3. The standard InChI is InChI=1S/C10H10Cl2N2O4/c1-18-8-5(11)2-4(3-6(8)12)14-10(17)7(15)9(13)16/h2-3,7,15H,1H3,(H2,13,16)(H,14,17). The number of primary amides is 1. The summed E-state index contributed by atoms with van der Waals surface area (Å²) in [6.07, 6.45) is -1.94. The number of amides is 2. The van der Waals surface area contributed by atoms with Gasteiger partial charge in [-0.1, -0.05) is 23.2 Å². The molecule has 18 heavy (non-hydrogen) atoms. The third-order valence-corrected chi connectivity index (χ3v) is 2.55. The van der Waals surface area contributed by atoms with Crippen LogP contribution in [0.1, 0.15) is 0 Å². The minimum atomic E-state index is -1.94. The lowest BCUT2D eigenvalue weighted by Crippen LogP contribution is -2.39. The lowest BCUT2D eigenvalue weighted by atomic mass is 10.2. The molecule has 0 aliphatic rings. The fraction of sp³-hybridized carbons (Fsp3) is 0.200. The number of hydrogen-bond acceptors (Lipinski definition) is 4. The first-order valence-electron chi connectivity index (χ1n) is 4.68. The zero-order chi connectivity index (χ0) is 13.9. The van der Waals surface area contributed by atoms with E-state index in [1.165, 1.54) is 19.2 Å². The van der Waals surface area contributed by atoms with Crippen LogP contribution in [0.2, 0.25) is 10.0 Å². The van der Waals surface area contributed by atoms with E-state index in [2.05, 4.69) is 5.32 Å². The summed E-state index contributed by atoms with van der Waals surface area (Å²) < 4.78 is 4.92. The van der Waals surface area contributed by atoms with E-state index in [1.807, 2.05) is 0 Å². The molecule has 0 fully saturated rings. The van der Waals surface area contributed by atoms with Crippen LogP contribution in [0.15, 0.2) is 12.1 Å². The number of anilines is 1. The van der Waals surface area contributed by atoms with Crippen LogP contribution in [0, 0.1) is 0 Å². The van der Waals surface area contributed by atoms with E-state index < -0.39 is 17.9 Å². The second-order valence-electron chi connectivity index (χ2n) is 3.27. The van der Waals surface area contributed by atoms with Crippen molar-refractivity contribution in [3.05, 3.63) is 22.2 Å². The summed E-state index contributed by atoms with van der Waals surface area (Å²) in [5, 5.41) is 11.7. The first-order chi connectivity index (χ1) is 8.36. The highest BCUT2D eigenvalue weighted by Crippen LogP contribution is 2.35. The summed E-state index contributed by atoms with van der Waals surface area (Å²) in [7, 11) is 1.39. The summed E-state index contributed by atoms with van der Waals surface area (Å²) in [4.78, 5) is 22.0. The van der Waals surface area contributed by atoms with Gasteiger partial charge in [0.25, 0.3) is 11.8 Å². The van der Waals surface area contributed by atoms with Gasteiger partial charge >= 0.3 is 0 Å². The Labute approximate surface area is 113 Å². The maximum atomic E-state index is 11.4. The third-order valence-electron chi connectivity index (χ3n) is 1.99. The molecular weight excluding hydrogens is 283 g/mol. The van der Waals surface area contributed by atoms with Gasteiger partial charge in [-0.3, -0.25) is 9.59 Å². The Hall–Kier alpha value is -1.50. The maximum absolute atomic E-state index is 11.4. The Morgan fingerprint density at radius 3 is 2.28 bits per heavy atom. The maximum Gasteiger partial charge on any atom is 0.263 e. The van der Waals surface area contributed by atoms with Gasteiger partial charge in [0.1, 0.15) is 0 Å². The van der Waals surface area contributed by atoms with Gasteiger partial charge in [0.05, 0.1) is 17.2 Å². The van der Waals surface area contributed by atoms with E-state index in [4.69, 9.17) is 38.8 Å². The van der Waals surface area contributed by atoms with E-state index in [0.717, 1.165) is 0 Å². The van der Waals surface area contributed by atoms with Crippen molar-refractivity contribution in [2.45, 2.75) is 6.10 Å². The van der Waals surface area contributed by atoms with Crippen LogP contribution in [-0.2, 0) is 9.59 Å². The van der Waals surface area contributed by atoms with Crippen LogP contribution < -0.4 is 15.8 Å². The molecule has 6 nitrogen and oxygen atoms in total. The highest BCUT2D eigenvalue weighted by molar-refractivity contribution is 6.37. The highest BCUT2D eigenvalue weighted by Gasteiger charge is 2.21. The van der Waals surface area contributed by atoms with Crippen LogP contribution in [-0.4, -0.2) is 30.1 Å². The number of methoxy groups -OCH3 is 1. The average molecular weight is 293 g/mol. The van der Waals surface area contributed by atoms with Crippen molar-refractivity contribution >= 4 is 40.7 Å². The first-order valence-corrected chi connectivity index (χ1v) is 5.43. The topological polar surface area (TPSA) is 102 Å². The van der Waals surface area contributed by atoms with Crippen molar-refractivity contribution in [3.8, 4) is 5.75 Å². The molecule has 0 saturated carbocycles. The van der Waals surface area contributed by atoms with E-state index in [-0.39, 0.29) is 21.5 Å². The van der Waals surface area contributed by atoms with Gasteiger partial charge in [-0.05, 0) is 12.1 Å². The van der Waals surface area contributed by atoms with Crippen LogP contribution in [0.4, 0.5) is 5.69 Å². The predicted octanol–water partition coefficient (Wildman–Crippen LogP) is 0.787. The van der Waals surface area contributed by atoms with E-state index in [0.29, 0.717) is 0 Å². The van der Waals surface area contributed by atoms with Gasteiger partial charge in [0.2, 0.25) is 6.10 Å². The molecule has 0 aromatic heterocycles. The largest absolute Gasteiger partial charge is 0.494 e. The molecule has 1 aromatic carbocycles. The molecule has 0 bridgehead atoms. The van der Waals surface area contributed by atoms with E-state index in [9.17, 15) is 9.59 Å². The summed E-state index contributed by atoms with van der Waals surface area (Å²) in [6.45, 7) is 0. The fourth-order valence-corrected chi connectivity index (χ4v) is 1.81. The van der Waals surface area contributed by atoms with Gasteiger partial charge in [-0.15, -0.1) is 0 Å². The Morgan fingerprint density at radius 1 is 1.39 bits per heavy atom.